The van der Waals surface area contributed by atoms with E-state index in [1.165, 1.54) is 11.3 Å². The van der Waals surface area contributed by atoms with Gasteiger partial charge in [0.1, 0.15) is 5.01 Å². The van der Waals surface area contributed by atoms with E-state index in [-0.39, 0.29) is 0 Å². The molecule has 0 aromatic carbocycles. The SMILES string of the molecule is CC#CC(O)c1nccs1. The van der Waals surface area contributed by atoms with Crippen LogP contribution in [0.3, 0.4) is 0 Å². The third-order valence-corrected chi connectivity index (χ3v) is 1.79. The Morgan fingerprint density at radius 2 is 2.60 bits per heavy atom. The summed E-state index contributed by atoms with van der Waals surface area (Å²) in [5, 5.41) is 11.7. The molecule has 1 unspecified atom stereocenters. The molecular weight excluding hydrogens is 146 g/mol. The van der Waals surface area contributed by atoms with Gasteiger partial charge in [-0.3, -0.25) is 0 Å². The normalized spacial score (nSPS) is 11.8. The summed E-state index contributed by atoms with van der Waals surface area (Å²) in [6, 6.07) is 0. The lowest BCUT2D eigenvalue weighted by atomic mass is 10.4. The first-order valence-electron chi connectivity index (χ1n) is 2.84. The monoisotopic (exact) mass is 153 g/mol. The Morgan fingerprint density at radius 3 is 3.10 bits per heavy atom. The van der Waals surface area contributed by atoms with Crippen LogP contribution in [0.15, 0.2) is 11.6 Å². The third kappa shape index (κ3) is 1.56. The fourth-order valence-corrected chi connectivity index (χ4v) is 1.14. The van der Waals surface area contributed by atoms with Gasteiger partial charge in [-0.1, -0.05) is 5.92 Å². The van der Waals surface area contributed by atoms with E-state index in [2.05, 4.69) is 16.8 Å². The second kappa shape index (κ2) is 3.35. The number of aliphatic hydroxyl groups is 1. The number of nitrogens with zero attached hydrogens (tertiary/aromatic N) is 1. The fraction of sp³-hybridized carbons (Fsp3) is 0.286. The van der Waals surface area contributed by atoms with E-state index in [4.69, 9.17) is 0 Å². The number of aromatic nitrogens is 1. The zero-order valence-electron chi connectivity index (χ0n) is 5.53. The van der Waals surface area contributed by atoms with Gasteiger partial charge in [0.25, 0.3) is 0 Å². The highest BCUT2D eigenvalue weighted by atomic mass is 32.1. The first kappa shape index (κ1) is 7.26. The summed E-state index contributed by atoms with van der Waals surface area (Å²) in [5.74, 6) is 5.22. The maximum Gasteiger partial charge on any atom is 0.166 e. The molecule has 0 amide bonds. The first-order chi connectivity index (χ1) is 4.84. The molecule has 3 heteroatoms. The summed E-state index contributed by atoms with van der Waals surface area (Å²) in [6.07, 6.45) is 0.950. The van der Waals surface area contributed by atoms with Crippen LogP contribution in [0.5, 0.6) is 0 Å². The molecule has 10 heavy (non-hydrogen) atoms. The van der Waals surface area contributed by atoms with Crippen LogP contribution in [0.2, 0.25) is 0 Å². The molecule has 2 nitrogen and oxygen atoms in total. The van der Waals surface area contributed by atoms with Crippen LogP contribution in [0.4, 0.5) is 0 Å². The minimum Gasteiger partial charge on any atom is -0.374 e. The number of aliphatic hydroxyl groups excluding tert-OH is 1. The van der Waals surface area contributed by atoms with Crippen molar-refractivity contribution in [3.05, 3.63) is 16.6 Å². The van der Waals surface area contributed by atoms with E-state index in [1.54, 1.807) is 13.1 Å². The molecule has 1 aromatic rings. The lowest BCUT2D eigenvalue weighted by Gasteiger charge is -1.93. The highest BCUT2D eigenvalue weighted by Crippen LogP contribution is 2.13. The molecule has 0 aliphatic carbocycles. The largest absolute Gasteiger partial charge is 0.374 e. The topological polar surface area (TPSA) is 33.1 Å². The summed E-state index contributed by atoms with van der Waals surface area (Å²) in [6.45, 7) is 1.69. The van der Waals surface area contributed by atoms with E-state index in [0.717, 1.165) is 0 Å². The van der Waals surface area contributed by atoms with Crippen molar-refractivity contribution < 1.29 is 5.11 Å². The van der Waals surface area contributed by atoms with E-state index in [9.17, 15) is 5.11 Å². The van der Waals surface area contributed by atoms with Gasteiger partial charge < -0.3 is 5.11 Å². The van der Waals surface area contributed by atoms with E-state index < -0.39 is 6.10 Å². The van der Waals surface area contributed by atoms with Crippen molar-refractivity contribution in [3.8, 4) is 11.8 Å². The summed E-state index contributed by atoms with van der Waals surface area (Å²) < 4.78 is 0. The van der Waals surface area contributed by atoms with Crippen LogP contribution >= 0.6 is 11.3 Å². The Bertz CT molecular complexity index is 244. The zero-order valence-corrected chi connectivity index (χ0v) is 6.35. The number of hydrogen-bond donors (Lipinski definition) is 1. The molecule has 0 radical (unpaired) electrons. The molecule has 1 aromatic heterocycles. The average Bonchev–Trinajstić information content (AvgIpc) is 2.38. The highest BCUT2D eigenvalue weighted by molar-refractivity contribution is 7.09. The Labute approximate surface area is 63.5 Å². The molecule has 1 N–H and O–H groups in total. The van der Waals surface area contributed by atoms with Gasteiger partial charge >= 0.3 is 0 Å². The summed E-state index contributed by atoms with van der Waals surface area (Å²) in [7, 11) is 0. The molecule has 52 valence electrons. The van der Waals surface area contributed by atoms with Crippen LogP contribution in [0.1, 0.15) is 18.0 Å². The lowest BCUT2D eigenvalue weighted by molar-refractivity contribution is 0.238. The van der Waals surface area contributed by atoms with Crippen LogP contribution in [-0.4, -0.2) is 10.1 Å². The quantitative estimate of drug-likeness (QED) is 0.615. The van der Waals surface area contributed by atoms with Gasteiger partial charge in [-0.2, -0.15) is 0 Å². The van der Waals surface area contributed by atoms with Crippen LogP contribution in [0, 0.1) is 11.8 Å². The standard InChI is InChI=1S/C7H7NOS/c1-2-3-6(9)7-8-4-5-10-7/h4-6,9H,1H3. The Hall–Kier alpha value is -0.850. The predicted octanol–water partition coefficient (Wildman–Crippen LogP) is 1.20. The van der Waals surface area contributed by atoms with Gasteiger partial charge in [0, 0.05) is 11.6 Å². The molecule has 1 heterocycles. The molecular formula is C7H7NOS. The summed E-state index contributed by atoms with van der Waals surface area (Å²) in [4.78, 5) is 3.90. The minimum atomic E-state index is -0.704. The maximum absolute atomic E-state index is 9.18. The molecule has 0 aliphatic rings. The van der Waals surface area contributed by atoms with E-state index in [1.807, 2.05) is 5.38 Å². The molecule has 0 saturated carbocycles. The van der Waals surface area contributed by atoms with Crippen molar-refractivity contribution in [2.24, 2.45) is 0 Å². The van der Waals surface area contributed by atoms with E-state index >= 15 is 0 Å². The fourth-order valence-electron chi connectivity index (χ4n) is 0.568. The maximum atomic E-state index is 9.18. The number of hydrogen-bond acceptors (Lipinski definition) is 3. The zero-order chi connectivity index (χ0) is 7.40. The average molecular weight is 153 g/mol. The summed E-state index contributed by atoms with van der Waals surface area (Å²) in [5.41, 5.74) is 0. The van der Waals surface area contributed by atoms with Crippen molar-refractivity contribution in [2.45, 2.75) is 13.0 Å². The lowest BCUT2D eigenvalue weighted by Crippen LogP contribution is -1.90. The molecule has 0 fully saturated rings. The van der Waals surface area contributed by atoms with Crippen LogP contribution in [-0.2, 0) is 0 Å². The first-order valence-corrected chi connectivity index (χ1v) is 3.72. The van der Waals surface area contributed by atoms with Gasteiger partial charge in [0.15, 0.2) is 6.10 Å². The third-order valence-electron chi connectivity index (χ3n) is 0.966. The molecule has 1 atom stereocenters. The van der Waals surface area contributed by atoms with Crippen molar-refractivity contribution in [3.63, 3.8) is 0 Å². The Morgan fingerprint density at radius 1 is 1.80 bits per heavy atom. The number of rotatable bonds is 1. The minimum absolute atomic E-state index is 0.661. The van der Waals surface area contributed by atoms with E-state index in [0.29, 0.717) is 5.01 Å². The highest BCUT2D eigenvalue weighted by Gasteiger charge is 2.03. The smallest absolute Gasteiger partial charge is 0.166 e. The predicted molar refractivity (Wildman–Crippen MR) is 40.5 cm³/mol. The number of thiazole rings is 1. The second-order valence-corrected chi connectivity index (χ2v) is 2.59. The second-order valence-electron chi connectivity index (χ2n) is 1.67. The van der Waals surface area contributed by atoms with Gasteiger partial charge in [0.2, 0.25) is 0 Å². The van der Waals surface area contributed by atoms with Crippen molar-refractivity contribution in [1.29, 1.82) is 0 Å². The Kier molecular flexibility index (Phi) is 2.43. The molecule has 0 saturated heterocycles. The van der Waals surface area contributed by atoms with Crippen LogP contribution in [0.25, 0.3) is 0 Å². The van der Waals surface area contributed by atoms with Crippen molar-refractivity contribution in [2.75, 3.05) is 0 Å². The molecule has 0 aliphatic heterocycles. The van der Waals surface area contributed by atoms with Crippen molar-refractivity contribution >= 4 is 11.3 Å². The molecule has 0 spiro atoms. The molecule has 1 rings (SSSR count). The van der Waals surface area contributed by atoms with Crippen molar-refractivity contribution in [1.82, 2.24) is 4.98 Å². The van der Waals surface area contributed by atoms with Gasteiger partial charge in [0.05, 0.1) is 0 Å². The van der Waals surface area contributed by atoms with Crippen LogP contribution < -0.4 is 0 Å². The Balaban J connectivity index is 2.74. The van der Waals surface area contributed by atoms with Gasteiger partial charge in [-0.25, -0.2) is 4.98 Å². The summed E-state index contributed by atoms with van der Waals surface area (Å²) >= 11 is 1.41. The molecule has 0 bridgehead atoms. The van der Waals surface area contributed by atoms with Gasteiger partial charge in [-0.05, 0) is 6.92 Å². The van der Waals surface area contributed by atoms with Gasteiger partial charge in [-0.15, -0.1) is 17.3 Å².